The number of aliphatic hydroxyl groups is 1. The molecule has 0 aliphatic heterocycles. The van der Waals surface area contributed by atoms with Gasteiger partial charge in [-0.2, -0.15) is 5.10 Å². The lowest BCUT2D eigenvalue weighted by Crippen LogP contribution is -2.25. The summed E-state index contributed by atoms with van der Waals surface area (Å²) in [5.41, 5.74) is 1.74. The van der Waals surface area contributed by atoms with Gasteiger partial charge in [-0.3, -0.25) is 18.9 Å². The van der Waals surface area contributed by atoms with Crippen LogP contribution in [0.25, 0.3) is 27.7 Å². The maximum absolute atomic E-state index is 14.8. The summed E-state index contributed by atoms with van der Waals surface area (Å²) in [6.07, 6.45) is 8.34. The van der Waals surface area contributed by atoms with E-state index in [0.717, 1.165) is 0 Å². The molecule has 5 rings (SSSR count). The smallest absolute Gasteiger partial charge is 0.260 e. The van der Waals surface area contributed by atoms with Gasteiger partial charge in [-0.05, 0) is 31.2 Å². The molecule has 156 valence electrons. The minimum absolute atomic E-state index is 0.0440. The lowest BCUT2D eigenvalue weighted by Gasteiger charge is -2.14. The van der Waals surface area contributed by atoms with Crippen molar-refractivity contribution in [3.05, 3.63) is 77.2 Å². The molecule has 1 N–H and O–H groups in total. The SMILES string of the molecule is CC(c1nnc2c(F)cc(-c3cnn(CCO)c3)cn12)n1ccc2ncccc2c1=O. The van der Waals surface area contributed by atoms with Crippen LogP contribution in [0.5, 0.6) is 0 Å². The Morgan fingerprint density at radius 1 is 1.19 bits per heavy atom. The number of fused-ring (bicyclic) bond motifs is 2. The number of halogens is 1. The van der Waals surface area contributed by atoms with Gasteiger partial charge < -0.3 is 9.67 Å². The van der Waals surface area contributed by atoms with Crippen LogP contribution in [0.4, 0.5) is 4.39 Å². The molecule has 0 spiro atoms. The highest BCUT2D eigenvalue weighted by atomic mass is 19.1. The van der Waals surface area contributed by atoms with Gasteiger partial charge in [-0.1, -0.05) is 0 Å². The predicted molar refractivity (Wildman–Crippen MR) is 111 cm³/mol. The predicted octanol–water partition coefficient (Wildman–Crippen LogP) is 2.04. The Morgan fingerprint density at radius 3 is 2.90 bits per heavy atom. The van der Waals surface area contributed by atoms with Crippen molar-refractivity contribution in [3.8, 4) is 11.1 Å². The maximum atomic E-state index is 14.8. The molecule has 0 bridgehead atoms. The van der Waals surface area contributed by atoms with E-state index in [9.17, 15) is 9.18 Å². The zero-order valence-electron chi connectivity index (χ0n) is 16.6. The zero-order valence-corrected chi connectivity index (χ0v) is 16.6. The third-order valence-electron chi connectivity index (χ3n) is 5.27. The van der Waals surface area contributed by atoms with E-state index in [1.54, 1.807) is 58.3 Å². The van der Waals surface area contributed by atoms with E-state index >= 15 is 0 Å². The molecule has 0 aliphatic carbocycles. The van der Waals surface area contributed by atoms with E-state index in [4.69, 9.17) is 5.11 Å². The second-order valence-corrected chi connectivity index (χ2v) is 7.18. The Balaban J connectivity index is 1.62. The molecule has 1 unspecified atom stereocenters. The summed E-state index contributed by atoms with van der Waals surface area (Å²) in [4.78, 5) is 17.2. The van der Waals surface area contributed by atoms with Crippen LogP contribution in [0.2, 0.25) is 0 Å². The average Bonchev–Trinajstić information content (AvgIpc) is 3.41. The number of hydrogen-bond donors (Lipinski definition) is 1. The van der Waals surface area contributed by atoms with Crippen molar-refractivity contribution in [1.29, 1.82) is 0 Å². The Kier molecular flexibility index (Phi) is 4.55. The second-order valence-electron chi connectivity index (χ2n) is 7.18. The highest BCUT2D eigenvalue weighted by Gasteiger charge is 2.20. The van der Waals surface area contributed by atoms with Gasteiger partial charge in [0.25, 0.3) is 5.56 Å². The molecule has 31 heavy (non-hydrogen) atoms. The van der Waals surface area contributed by atoms with E-state index in [1.807, 2.05) is 6.92 Å². The van der Waals surface area contributed by atoms with Crippen LogP contribution in [-0.4, -0.2) is 45.6 Å². The van der Waals surface area contributed by atoms with E-state index in [0.29, 0.717) is 34.4 Å². The summed E-state index contributed by atoms with van der Waals surface area (Å²) < 4.78 is 19.5. The second kappa shape index (κ2) is 7.40. The lowest BCUT2D eigenvalue weighted by molar-refractivity contribution is 0.269. The molecule has 0 aliphatic rings. The van der Waals surface area contributed by atoms with Gasteiger partial charge in [0.1, 0.15) is 0 Å². The van der Waals surface area contributed by atoms with Crippen molar-refractivity contribution in [3.63, 3.8) is 0 Å². The molecule has 0 radical (unpaired) electrons. The molecule has 0 saturated heterocycles. The fraction of sp³-hybridized carbons (Fsp3) is 0.190. The molecular weight excluding hydrogens is 401 g/mol. The number of pyridine rings is 3. The van der Waals surface area contributed by atoms with E-state index in [-0.39, 0.29) is 17.8 Å². The van der Waals surface area contributed by atoms with Crippen LogP contribution in [0, 0.1) is 5.82 Å². The Labute approximate surface area is 175 Å². The number of aromatic nitrogens is 7. The van der Waals surface area contributed by atoms with Gasteiger partial charge in [0.05, 0.1) is 36.3 Å². The third-order valence-corrected chi connectivity index (χ3v) is 5.27. The van der Waals surface area contributed by atoms with Gasteiger partial charge in [-0.15, -0.1) is 10.2 Å². The molecule has 10 heteroatoms. The van der Waals surface area contributed by atoms with Crippen LogP contribution in [0.3, 0.4) is 0 Å². The Hall–Kier alpha value is -3.92. The highest BCUT2D eigenvalue weighted by Crippen LogP contribution is 2.24. The van der Waals surface area contributed by atoms with Gasteiger partial charge in [-0.25, -0.2) is 4.39 Å². The number of hydrogen-bond acceptors (Lipinski definition) is 6. The first-order valence-corrected chi connectivity index (χ1v) is 9.70. The standard InChI is InChI=1S/C21H18FN7O2/c1-13(28-6-4-18-16(21(28)31)3-2-5-23-18)19-25-26-20-17(22)9-14(12-29(19)20)15-10-24-27(11-15)7-8-30/h2-6,9-13,30H,7-8H2,1H3. The molecule has 0 saturated carbocycles. The first kappa shape index (κ1) is 19.1. The van der Waals surface area contributed by atoms with Crippen LogP contribution in [-0.2, 0) is 6.54 Å². The lowest BCUT2D eigenvalue weighted by atomic mass is 10.1. The van der Waals surface area contributed by atoms with Gasteiger partial charge in [0.15, 0.2) is 17.3 Å². The third kappa shape index (κ3) is 3.17. The van der Waals surface area contributed by atoms with Crippen molar-refractivity contribution in [1.82, 2.24) is 33.9 Å². The summed E-state index contributed by atoms with van der Waals surface area (Å²) in [6.45, 7) is 2.11. The van der Waals surface area contributed by atoms with Gasteiger partial charge >= 0.3 is 0 Å². The van der Waals surface area contributed by atoms with Crippen LogP contribution < -0.4 is 5.56 Å². The highest BCUT2D eigenvalue weighted by molar-refractivity contribution is 5.76. The summed E-state index contributed by atoms with van der Waals surface area (Å²) in [6, 6.07) is 6.06. The van der Waals surface area contributed by atoms with Crippen LogP contribution in [0.15, 0.2) is 60.0 Å². The summed E-state index contributed by atoms with van der Waals surface area (Å²) in [5, 5.41) is 21.9. The van der Waals surface area contributed by atoms with Crippen molar-refractivity contribution in [2.24, 2.45) is 0 Å². The normalized spacial score (nSPS) is 12.6. The largest absolute Gasteiger partial charge is 0.394 e. The van der Waals surface area contributed by atoms with Gasteiger partial charge in [0.2, 0.25) is 0 Å². The Morgan fingerprint density at radius 2 is 2.06 bits per heavy atom. The minimum Gasteiger partial charge on any atom is -0.394 e. The average molecular weight is 419 g/mol. The summed E-state index contributed by atoms with van der Waals surface area (Å²) in [5.74, 6) is -0.114. The number of aliphatic hydroxyl groups excluding tert-OH is 1. The molecule has 1 atom stereocenters. The molecule has 0 fully saturated rings. The molecule has 5 heterocycles. The Bertz CT molecular complexity index is 1470. The van der Waals surface area contributed by atoms with Crippen molar-refractivity contribution < 1.29 is 9.50 Å². The van der Waals surface area contributed by atoms with Crippen molar-refractivity contribution >= 4 is 16.6 Å². The van der Waals surface area contributed by atoms with E-state index in [1.165, 1.54) is 10.6 Å². The molecule has 0 amide bonds. The van der Waals surface area contributed by atoms with Crippen LogP contribution in [0.1, 0.15) is 18.8 Å². The number of rotatable bonds is 5. The van der Waals surface area contributed by atoms with E-state index < -0.39 is 11.9 Å². The monoisotopic (exact) mass is 419 g/mol. The molecular formula is C21H18FN7O2. The fourth-order valence-electron chi connectivity index (χ4n) is 3.67. The summed E-state index contributed by atoms with van der Waals surface area (Å²) >= 11 is 0. The molecule has 5 aromatic rings. The first-order valence-electron chi connectivity index (χ1n) is 9.70. The minimum atomic E-state index is -0.534. The number of nitrogens with zero attached hydrogens (tertiary/aromatic N) is 7. The van der Waals surface area contributed by atoms with Crippen molar-refractivity contribution in [2.45, 2.75) is 19.5 Å². The summed E-state index contributed by atoms with van der Waals surface area (Å²) in [7, 11) is 0. The fourth-order valence-corrected chi connectivity index (χ4v) is 3.67. The van der Waals surface area contributed by atoms with Crippen LogP contribution >= 0.6 is 0 Å². The zero-order chi connectivity index (χ0) is 21.5. The van der Waals surface area contributed by atoms with Crippen molar-refractivity contribution in [2.75, 3.05) is 6.61 Å². The topological polar surface area (TPSA) is 103 Å². The van der Waals surface area contributed by atoms with E-state index in [2.05, 4.69) is 20.3 Å². The quantitative estimate of drug-likeness (QED) is 0.468. The molecule has 5 aromatic heterocycles. The maximum Gasteiger partial charge on any atom is 0.260 e. The molecule has 0 aromatic carbocycles. The first-order chi connectivity index (χ1) is 15.1. The molecule has 9 nitrogen and oxygen atoms in total. The van der Waals surface area contributed by atoms with Gasteiger partial charge in [0, 0.05) is 35.9 Å².